The van der Waals surface area contributed by atoms with Crippen LogP contribution < -0.4 is 4.72 Å². The smallest absolute Gasteiger partial charge is 0.261 e. The van der Waals surface area contributed by atoms with E-state index in [1.165, 1.54) is 12.1 Å². The van der Waals surface area contributed by atoms with Gasteiger partial charge in [0, 0.05) is 23.3 Å². The SMILES string of the molecule is CCC(C)C(C)N(C(=O)c1ccc(NS(=O)(=O)c2ccc(F)c(F)c2)cc1)C1CC1. The third-order valence-corrected chi connectivity index (χ3v) is 7.05. The Balaban J connectivity index is 1.77. The second-order valence-corrected chi connectivity index (χ2v) is 9.51. The molecule has 8 heteroatoms. The lowest BCUT2D eigenvalue weighted by Crippen LogP contribution is -2.43. The third-order valence-electron chi connectivity index (χ3n) is 5.67. The largest absolute Gasteiger partial charge is 0.333 e. The zero-order valence-electron chi connectivity index (χ0n) is 17.2. The van der Waals surface area contributed by atoms with Crippen LogP contribution in [0.1, 0.15) is 50.4 Å². The molecule has 1 aliphatic rings. The number of carbonyl (C=O) groups excluding carboxylic acids is 1. The van der Waals surface area contributed by atoms with Crippen molar-refractivity contribution in [2.24, 2.45) is 5.92 Å². The predicted molar refractivity (Wildman–Crippen MR) is 112 cm³/mol. The Morgan fingerprint density at radius 1 is 1.10 bits per heavy atom. The molecule has 0 bridgehead atoms. The minimum absolute atomic E-state index is 0.0692. The number of sulfonamides is 1. The molecule has 1 fully saturated rings. The molecule has 3 rings (SSSR count). The Bertz CT molecular complexity index is 1020. The van der Waals surface area contributed by atoms with Crippen molar-refractivity contribution in [1.29, 1.82) is 0 Å². The molecular formula is C22H26F2N2O3S. The van der Waals surface area contributed by atoms with Crippen LogP contribution in [0.5, 0.6) is 0 Å². The van der Waals surface area contributed by atoms with Gasteiger partial charge in [-0.1, -0.05) is 20.3 Å². The second kappa shape index (κ2) is 8.71. The number of nitrogens with zero attached hydrogens (tertiary/aromatic N) is 1. The fourth-order valence-corrected chi connectivity index (χ4v) is 4.41. The highest BCUT2D eigenvalue weighted by Crippen LogP contribution is 2.33. The number of rotatable bonds is 8. The lowest BCUT2D eigenvalue weighted by atomic mass is 9.98. The zero-order chi connectivity index (χ0) is 22.1. The molecule has 2 aromatic rings. The lowest BCUT2D eigenvalue weighted by molar-refractivity contribution is 0.0616. The highest BCUT2D eigenvalue weighted by atomic mass is 32.2. The second-order valence-electron chi connectivity index (χ2n) is 7.83. The summed E-state index contributed by atoms with van der Waals surface area (Å²) in [7, 11) is -4.09. The molecule has 0 spiro atoms. The maximum atomic E-state index is 13.4. The van der Waals surface area contributed by atoms with Gasteiger partial charge in [-0.2, -0.15) is 0 Å². The molecular weight excluding hydrogens is 410 g/mol. The molecule has 0 aliphatic heterocycles. The van der Waals surface area contributed by atoms with Crippen molar-refractivity contribution in [3.63, 3.8) is 0 Å². The normalized spacial score (nSPS) is 16.0. The molecule has 1 amide bonds. The summed E-state index contributed by atoms with van der Waals surface area (Å²) in [6.07, 6.45) is 2.97. The van der Waals surface area contributed by atoms with E-state index in [2.05, 4.69) is 25.5 Å². The van der Waals surface area contributed by atoms with Crippen LogP contribution in [0.2, 0.25) is 0 Å². The van der Waals surface area contributed by atoms with E-state index in [0.29, 0.717) is 17.5 Å². The first-order valence-corrected chi connectivity index (χ1v) is 11.5. The van der Waals surface area contributed by atoms with Crippen molar-refractivity contribution < 1.29 is 22.0 Å². The van der Waals surface area contributed by atoms with E-state index in [1.54, 1.807) is 12.1 Å². The van der Waals surface area contributed by atoms with Crippen molar-refractivity contribution in [1.82, 2.24) is 4.90 Å². The predicted octanol–water partition coefficient (Wildman–Crippen LogP) is 4.80. The summed E-state index contributed by atoms with van der Waals surface area (Å²) in [6.45, 7) is 6.29. The molecule has 2 unspecified atom stereocenters. The first-order valence-electron chi connectivity index (χ1n) is 10.0. The van der Waals surface area contributed by atoms with Crippen LogP contribution in [0.25, 0.3) is 0 Å². The van der Waals surface area contributed by atoms with Gasteiger partial charge in [-0.15, -0.1) is 0 Å². The number of amides is 1. The maximum Gasteiger partial charge on any atom is 0.261 e. The number of benzene rings is 2. The Morgan fingerprint density at radius 2 is 1.73 bits per heavy atom. The molecule has 1 saturated carbocycles. The van der Waals surface area contributed by atoms with Gasteiger partial charge < -0.3 is 4.90 Å². The van der Waals surface area contributed by atoms with Gasteiger partial charge in [-0.05, 0) is 68.1 Å². The van der Waals surface area contributed by atoms with Gasteiger partial charge in [0.15, 0.2) is 11.6 Å². The number of nitrogens with one attached hydrogen (secondary N) is 1. The molecule has 0 heterocycles. The van der Waals surface area contributed by atoms with Crippen LogP contribution in [0, 0.1) is 17.6 Å². The maximum absolute atomic E-state index is 13.4. The van der Waals surface area contributed by atoms with Crippen LogP contribution >= 0.6 is 0 Å². The Kier molecular flexibility index (Phi) is 6.45. The van der Waals surface area contributed by atoms with Crippen LogP contribution in [0.4, 0.5) is 14.5 Å². The van der Waals surface area contributed by atoms with Gasteiger partial charge in [-0.3, -0.25) is 9.52 Å². The van der Waals surface area contributed by atoms with Gasteiger partial charge in [0.1, 0.15) is 0 Å². The number of halogens is 2. The van der Waals surface area contributed by atoms with Crippen LogP contribution in [-0.2, 0) is 10.0 Å². The molecule has 5 nitrogen and oxygen atoms in total. The van der Waals surface area contributed by atoms with Gasteiger partial charge in [0.25, 0.3) is 15.9 Å². The minimum atomic E-state index is -4.09. The number of carbonyl (C=O) groups is 1. The summed E-state index contributed by atoms with van der Waals surface area (Å²) >= 11 is 0. The molecule has 1 aliphatic carbocycles. The lowest BCUT2D eigenvalue weighted by Gasteiger charge is -2.33. The molecule has 30 heavy (non-hydrogen) atoms. The van der Waals surface area contributed by atoms with E-state index in [9.17, 15) is 22.0 Å². The topological polar surface area (TPSA) is 66.5 Å². The van der Waals surface area contributed by atoms with Crippen LogP contribution in [0.3, 0.4) is 0 Å². The fourth-order valence-electron chi connectivity index (χ4n) is 3.34. The summed E-state index contributed by atoms with van der Waals surface area (Å²) in [5.41, 5.74) is 0.706. The quantitative estimate of drug-likeness (QED) is 0.646. The number of hydrogen-bond acceptors (Lipinski definition) is 3. The van der Waals surface area contributed by atoms with E-state index >= 15 is 0 Å². The summed E-state index contributed by atoms with van der Waals surface area (Å²) in [6, 6.07) is 8.87. The Morgan fingerprint density at radius 3 is 2.27 bits per heavy atom. The molecule has 0 radical (unpaired) electrons. The van der Waals surface area contributed by atoms with Crippen LogP contribution in [-0.4, -0.2) is 31.3 Å². The van der Waals surface area contributed by atoms with Crippen molar-refractivity contribution in [3.8, 4) is 0 Å². The van der Waals surface area contributed by atoms with Gasteiger partial charge >= 0.3 is 0 Å². The van der Waals surface area contributed by atoms with Crippen molar-refractivity contribution in [2.75, 3.05) is 4.72 Å². The summed E-state index contributed by atoms with van der Waals surface area (Å²) in [4.78, 5) is 14.6. The highest BCUT2D eigenvalue weighted by Gasteiger charge is 2.37. The molecule has 2 aromatic carbocycles. The van der Waals surface area contributed by atoms with E-state index < -0.39 is 21.7 Å². The zero-order valence-corrected chi connectivity index (χ0v) is 18.0. The number of hydrogen-bond donors (Lipinski definition) is 1. The van der Waals surface area contributed by atoms with E-state index in [-0.39, 0.29) is 28.6 Å². The van der Waals surface area contributed by atoms with E-state index in [4.69, 9.17) is 0 Å². The Labute approximate surface area is 176 Å². The molecule has 162 valence electrons. The average molecular weight is 437 g/mol. The molecule has 0 saturated heterocycles. The van der Waals surface area contributed by atoms with Gasteiger partial charge in [0.05, 0.1) is 4.90 Å². The molecule has 1 N–H and O–H groups in total. The third kappa shape index (κ3) is 4.80. The van der Waals surface area contributed by atoms with E-state index in [1.807, 2.05) is 4.90 Å². The minimum Gasteiger partial charge on any atom is -0.333 e. The van der Waals surface area contributed by atoms with Gasteiger partial charge in [0.2, 0.25) is 0 Å². The summed E-state index contributed by atoms with van der Waals surface area (Å²) in [5, 5.41) is 0. The summed E-state index contributed by atoms with van der Waals surface area (Å²) < 4.78 is 53.6. The first kappa shape index (κ1) is 22.2. The highest BCUT2D eigenvalue weighted by molar-refractivity contribution is 7.92. The average Bonchev–Trinajstić information content (AvgIpc) is 3.54. The first-order chi connectivity index (χ1) is 14.1. The number of anilines is 1. The Hall–Kier alpha value is -2.48. The van der Waals surface area contributed by atoms with E-state index in [0.717, 1.165) is 31.4 Å². The van der Waals surface area contributed by atoms with Crippen molar-refractivity contribution in [3.05, 3.63) is 59.7 Å². The van der Waals surface area contributed by atoms with Crippen molar-refractivity contribution in [2.45, 2.75) is 57.0 Å². The molecule has 0 aromatic heterocycles. The van der Waals surface area contributed by atoms with Crippen LogP contribution in [0.15, 0.2) is 47.4 Å². The van der Waals surface area contributed by atoms with Crippen molar-refractivity contribution >= 4 is 21.6 Å². The standard InChI is InChI=1S/C22H26F2N2O3S/c1-4-14(2)15(3)26(18-9-10-18)22(27)16-5-7-17(8-6-16)25-30(28,29)19-11-12-20(23)21(24)13-19/h5-8,11-15,18,25H,4,9-10H2,1-3H3. The van der Waals surface area contributed by atoms with Gasteiger partial charge in [-0.25, -0.2) is 17.2 Å². The molecule has 2 atom stereocenters. The monoisotopic (exact) mass is 436 g/mol. The summed E-state index contributed by atoms with van der Waals surface area (Å²) in [5.74, 6) is -2.06. The fraction of sp³-hybridized carbons (Fsp3) is 0.409.